The smallest absolute Gasteiger partial charge is 0.335 e. The van der Waals surface area contributed by atoms with Crippen molar-refractivity contribution in [1.29, 1.82) is 0 Å². The Hall–Kier alpha value is -3.40. The Morgan fingerprint density at radius 1 is 0.640 bits per heavy atom. The summed E-state index contributed by atoms with van der Waals surface area (Å²) >= 11 is 0. The van der Waals surface area contributed by atoms with E-state index in [-0.39, 0.29) is 11.1 Å². The van der Waals surface area contributed by atoms with Crippen molar-refractivity contribution in [2.75, 3.05) is 0 Å². The fourth-order valence-electron chi connectivity index (χ4n) is 2.77. The van der Waals surface area contributed by atoms with Crippen LogP contribution in [0.5, 0.6) is 0 Å². The number of rotatable bonds is 4. The lowest BCUT2D eigenvalue weighted by Gasteiger charge is -2.09. The maximum atomic E-state index is 11.0. The molecule has 4 nitrogen and oxygen atoms in total. The standard InChI is InChI=1S/C21H16O4/c1-13-12-18(21(24)25)10-11-19(13)16-6-2-14(3-7-16)15-4-8-17(9-5-15)20(22)23/h2-12H,1H3,(H,22,23)(H,24,25). The molecule has 0 saturated carbocycles. The maximum absolute atomic E-state index is 11.0. The summed E-state index contributed by atoms with van der Waals surface area (Å²) in [6, 6.07) is 19.7. The summed E-state index contributed by atoms with van der Waals surface area (Å²) in [7, 11) is 0. The van der Waals surface area contributed by atoms with Gasteiger partial charge in [-0.05, 0) is 59.0 Å². The number of benzene rings is 3. The van der Waals surface area contributed by atoms with Crippen LogP contribution in [0.3, 0.4) is 0 Å². The lowest BCUT2D eigenvalue weighted by atomic mass is 9.96. The summed E-state index contributed by atoms with van der Waals surface area (Å²) in [5, 5.41) is 18.0. The van der Waals surface area contributed by atoms with Crippen molar-refractivity contribution in [3.05, 3.63) is 83.4 Å². The van der Waals surface area contributed by atoms with Crippen LogP contribution >= 0.6 is 0 Å². The predicted octanol–water partition coefficient (Wildman–Crippen LogP) is 4.73. The lowest BCUT2D eigenvalue weighted by molar-refractivity contribution is 0.0686. The number of hydrogen-bond donors (Lipinski definition) is 2. The third-order valence-electron chi connectivity index (χ3n) is 4.13. The fourth-order valence-corrected chi connectivity index (χ4v) is 2.77. The zero-order valence-corrected chi connectivity index (χ0v) is 13.6. The third-order valence-corrected chi connectivity index (χ3v) is 4.13. The van der Waals surface area contributed by atoms with Gasteiger partial charge in [-0.2, -0.15) is 0 Å². The maximum Gasteiger partial charge on any atom is 0.335 e. The molecule has 0 aliphatic heterocycles. The number of carboxylic acid groups (broad SMARTS) is 2. The highest BCUT2D eigenvalue weighted by Crippen LogP contribution is 2.28. The number of carboxylic acids is 2. The van der Waals surface area contributed by atoms with E-state index in [9.17, 15) is 9.59 Å². The number of aryl methyl sites for hydroxylation is 1. The molecule has 0 amide bonds. The van der Waals surface area contributed by atoms with Gasteiger partial charge in [-0.25, -0.2) is 9.59 Å². The molecular weight excluding hydrogens is 316 g/mol. The van der Waals surface area contributed by atoms with Crippen molar-refractivity contribution in [2.45, 2.75) is 6.92 Å². The summed E-state index contributed by atoms with van der Waals surface area (Å²) in [5.74, 6) is -1.88. The quantitative estimate of drug-likeness (QED) is 0.724. The van der Waals surface area contributed by atoms with Gasteiger partial charge in [0.05, 0.1) is 11.1 Å². The van der Waals surface area contributed by atoms with Gasteiger partial charge >= 0.3 is 11.9 Å². The topological polar surface area (TPSA) is 74.6 Å². The van der Waals surface area contributed by atoms with E-state index in [1.165, 1.54) is 0 Å². The van der Waals surface area contributed by atoms with Crippen LogP contribution in [0.25, 0.3) is 22.3 Å². The van der Waals surface area contributed by atoms with Crippen molar-refractivity contribution < 1.29 is 19.8 Å². The second-order valence-electron chi connectivity index (χ2n) is 5.79. The Morgan fingerprint density at radius 3 is 1.56 bits per heavy atom. The molecule has 3 aromatic rings. The van der Waals surface area contributed by atoms with Gasteiger partial charge in [-0.1, -0.05) is 42.5 Å². The normalized spacial score (nSPS) is 10.4. The van der Waals surface area contributed by atoms with Crippen LogP contribution in [0, 0.1) is 6.92 Å². The van der Waals surface area contributed by atoms with Crippen LogP contribution in [0.1, 0.15) is 26.3 Å². The second-order valence-corrected chi connectivity index (χ2v) is 5.79. The number of aromatic carboxylic acids is 2. The largest absolute Gasteiger partial charge is 0.478 e. The zero-order chi connectivity index (χ0) is 18.0. The van der Waals surface area contributed by atoms with Gasteiger partial charge < -0.3 is 10.2 Å². The van der Waals surface area contributed by atoms with Crippen molar-refractivity contribution in [1.82, 2.24) is 0 Å². The van der Waals surface area contributed by atoms with Gasteiger partial charge in [0.1, 0.15) is 0 Å². The summed E-state index contributed by atoms with van der Waals surface area (Å²) in [4.78, 5) is 21.9. The Balaban J connectivity index is 1.90. The van der Waals surface area contributed by atoms with Crippen LogP contribution in [0.4, 0.5) is 0 Å². The molecule has 0 bridgehead atoms. The summed E-state index contributed by atoms with van der Waals surface area (Å²) < 4.78 is 0. The molecule has 0 unspecified atom stereocenters. The van der Waals surface area contributed by atoms with E-state index in [4.69, 9.17) is 10.2 Å². The molecule has 3 rings (SSSR count). The third kappa shape index (κ3) is 3.43. The predicted molar refractivity (Wildman–Crippen MR) is 96.0 cm³/mol. The van der Waals surface area contributed by atoms with Crippen LogP contribution in [-0.2, 0) is 0 Å². The van der Waals surface area contributed by atoms with Crippen molar-refractivity contribution in [3.8, 4) is 22.3 Å². The molecule has 0 spiro atoms. The van der Waals surface area contributed by atoms with Crippen LogP contribution in [0.2, 0.25) is 0 Å². The first-order valence-corrected chi connectivity index (χ1v) is 7.74. The second kappa shape index (κ2) is 6.61. The highest BCUT2D eigenvalue weighted by atomic mass is 16.4. The first-order valence-electron chi connectivity index (χ1n) is 7.74. The van der Waals surface area contributed by atoms with E-state index in [1.54, 1.807) is 36.4 Å². The molecule has 0 saturated heterocycles. The van der Waals surface area contributed by atoms with Crippen LogP contribution in [0.15, 0.2) is 66.7 Å². The fraction of sp³-hybridized carbons (Fsp3) is 0.0476. The van der Waals surface area contributed by atoms with E-state index in [0.717, 1.165) is 27.8 Å². The van der Waals surface area contributed by atoms with Crippen molar-refractivity contribution >= 4 is 11.9 Å². The molecule has 0 heterocycles. The summed E-state index contributed by atoms with van der Waals surface area (Å²) in [6.07, 6.45) is 0. The minimum atomic E-state index is -0.942. The van der Waals surface area contributed by atoms with E-state index in [1.807, 2.05) is 37.3 Å². The molecule has 0 aliphatic carbocycles. The van der Waals surface area contributed by atoms with E-state index >= 15 is 0 Å². The molecule has 0 atom stereocenters. The van der Waals surface area contributed by atoms with Gasteiger partial charge in [-0.3, -0.25) is 0 Å². The SMILES string of the molecule is Cc1cc(C(=O)O)ccc1-c1ccc(-c2ccc(C(=O)O)cc2)cc1. The summed E-state index contributed by atoms with van der Waals surface area (Å²) in [6.45, 7) is 1.89. The molecule has 2 N–H and O–H groups in total. The zero-order valence-electron chi connectivity index (χ0n) is 13.6. The van der Waals surface area contributed by atoms with Gasteiger partial charge in [0.2, 0.25) is 0 Å². The Morgan fingerprint density at radius 2 is 1.08 bits per heavy atom. The molecule has 124 valence electrons. The average Bonchev–Trinajstić information content (AvgIpc) is 2.62. The first kappa shape index (κ1) is 16.5. The Bertz CT molecular complexity index is 939. The highest BCUT2D eigenvalue weighted by molar-refractivity contribution is 5.89. The summed E-state index contributed by atoms with van der Waals surface area (Å²) in [5.41, 5.74) is 5.34. The van der Waals surface area contributed by atoms with Gasteiger partial charge in [0.25, 0.3) is 0 Å². The number of carbonyl (C=O) groups is 2. The van der Waals surface area contributed by atoms with Crippen LogP contribution < -0.4 is 0 Å². The Labute approximate surface area is 145 Å². The molecule has 3 aromatic carbocycles. The number of hydrogen-bond acceptors (Lipinski definition) is 2. The van der Waals surface area contributed by atoms with Gasteiger partial charge in [0.15, 0.2) is 0 Å². The van der Waals surface area contributed by atoms with Gasteiger partial charge in [-0.15, -0.1) is 0 Å². The molecule has 0 radical (unpaired) electrons. The molecule has 0 fully saturated rings. The lowest BCUT2D eigenvalue weighted by Crippen LogP contribution is -1.97. The van der Waals surface area contributed by atoms with Crippen molar-refractivity contribution in [2.24, 2.45) is 0 Å². The van der Waals surface area contributed by atoms with E-state index in [0.29, 0.717) is 0 Å². The van der Waals surface area contributed by atoms with E-state index < -0.39 is 11.9 Å². The Kier molecular flexibility index (Phi) is 4.35. The van der Waals surface area contributed by atoms with Crippen LogP contribution in [-0.4, -0.2) is 22.2 Å². The first-order chi connectivity index (χ1) is 12.0. The van der Waals surface area contributed by atoms with E-state index in [2.05, 4.69) is 0 Å². The van der Waals surface area contributed by atoms with Gasteiger partial charge in [0, 0.05) is 0 Å². The minimum Gasteiger partial charge on any atom is -0.478 e. The van der Waals surface area contributed by atoms with Crippen molar-refractivity contribution in [3.63, 3.8) is 0 Å². The highest BCUT2D eigenvalue weighted by Gasteiger charge is 2.08. The molecule has 25 heavy (non-hydrogen) atoms. The molecular formula is C21H16O4. The minimum absolute atomic E-state index is 0.259. The molecule has 0 aromatic heterocycles. The molecule has 0 aliphatic rings. The average molecular weight is 332 g/mol. The molecule has 4 heteroatoms. The monoisotopic (exact) mass is 332 g/mol.